The average Bonchev–Trinajstić information content (AvgIpc) is 2.18. The summed E-state index contributed by atoms with van der Waals surface area (Å²) in [4.78, 5) is 10.3. The zero-order valence-electron chi connectivity index (χ0n) is 9.06. The predicted molar refractivity (Wildman–Crippen MR) is 59.9 cm³/mol. The molecule has 0 bridgehead atoms. The molecule has 0 aliphatic heterocycles. The van der Waals surface area contributed by atoms with Gasteiger partial charge in [0, 0.05) is 12.1 Å². The van der Waals surface area contributed by atoms with Crippen LogP contribution in [0.25, 0.3) is 0 Å². The number of hydrogen-bond acceptors (Lipinski definition) is 3. The highest BCUT2D eigenvalue weighted by Gasteiger charge is 2.12. The number of nitrogens with zero attached hydrogens (tertiary/aromatic N) is 1. The molecule has 82 valence electrons. The molecule has 2 N–H and O–H groups in total. The first-order valence-electron chi connectivity index (χ1n) is 5.03. The van der Waals surface area contributed by atoms with Gasteiger partial charge in [0.1, 0.15) is 0 Å². The van der Waals surface area contributed by atoms with Gasteiger partial charge >= 0.3 is 0 Å². The topological polar surface area (TPSA) is 69.2 Å². The van der Waals surface area contributed by atoms with E-state index in [0.717, 1.165) is 17.5 Å². The van der Waals surface area contributed by atoms with Crippen molar-refractivity contribution >= 4 is 5.69 Å². The van der Waals surface area contributed by atoms with Gasteiger partial charge in [0.2, 0.25) is 0 Å². The van der Waals surface area contributed by atoms with Gasteiger partial charge in [-0.3, -0.25) is 10.1 Å². The summed E-state index contributed by atoms with van der Waals surface area (Å²) in [6.45, 7) is 4.62. The largest absolute Gasteiger partial charge is 0.330 e. The third kappa shape index (κ3) is 2.76. The smallest absolute Gasteiger partial charge is 0.269 e. The molecule has 4 heteroatoms. The van der Waals surface area contributed by atoms with Crippen LogP contribution in [-0.2, 0) is 6.42 Å². The maximum Gasteiger partial charge on any atom is 0.269 e. The molecule has 0 unspecified atom stereocenters. The van der Waals surface area contributed by atoms with Gasteiger partial charge in [-0.05, 0) is 30.0 Å². The molecule has 0 atom stereocenters. The Hall–Kier alpha value is -1.42. The quantitative estimate of drug-likeness (QED) is 0.609. The Balaban J connectivity index is 3.14. The SMILES string of the molecule is CC(C)c1cc([N+](=O)[O-])ccc1CCN. The predicted octanol–water partition coefficient (Wildman–Crippen LogP) is 2.22. The number of nitro benzene ring substituents is 1. The highest BCUT2D eigenvalue weighted by Crippen LogP contribution is 2.24. The third-order valence-electron chi connectivity index (χ3n) is 2.38. The Bertz CT molecular complexity index is 362. The number of nitro groups is 1. The van der Waals surface area contributed by atoms with E-state index in [2.05, 4.69) is 0 Å². The Morgan fingerprint density at radius 2 is 2.13 bits per heavy atom. The number of benzene rings is 1. The van der Waals surface area contributed by atoms with Gasteiger partial charge in [0.25, 0.3) is 5.69 Å². The second-order valence-corrected chi connectivity index (χ2v) is 3.83. The molecular formula is C11H16N2O2. The van der Waals surface area contributed by atoms with Crippen molar-refractivity contribution in [2.75, 3.05) is 6.54 Å². The van der Waals surface area contributed by atoms with Crippen LogP contribution < -0.4 is 5.73 Å². The van der Waals surface area contributed by atoms with Crippen molar-refractivity contribution in [1.29, 1.82) is 0 Å². The van der Waals surface area contributed by atoms with Crippen molar-refractivity contribution in [3.05, 3.63) is 39.4 Å². The summed E-state index contributed by atoms with van der Waals surface area (Å²) >= 11 is 0. The van der Waals surface area contributed by atoms with Gasteiger partial charge in [-0.15, -0.1) is 0 Å². The Labute approximate surface area is 89.2 Å². The van der Waals surface area contributed by atoms with E-state index in [-0.39, 0.29) is 16.5 Å². The van der Waals surface area contributed by atoms with Gasteiger partial charge in [0.15, 0.2) is 0 Å². The molecule has 0 fully saturated rings. The van der Waals surface area contributed by atoms with E-state index in [9.17, 15) is 10.1 Å². The molecule has 0 heterocycles. The lowest BCUT2D eigenvalue weighted by Gasteiger charge is -2.11. The summed E-state index contributed by atoms with van der Waals surface area (Å²) in [5, 5.41) is 10.6. The minimum atomic E-state index is -0.363. The Morgan fingerprint density at radius 3 is 2.60 bits per heavy atom. The molecule has 0 aliphatic rings. The van der Waals surface area contributed by atoms with Crippen molar-refractivity contribution in [2.24, 2.45) is 5.73 Å². The summed E-state index contributed by atoms with van der Waals surface area (Å²) < 4.78 is 0. The Morgan fingerprint density at radius 1 is 1.47 bits per heavy atom. The van der Waals surface area contributed by atoms with E-state index in [1.54, 1.807) is 12.1 Å². The lowest BCUT2D eigenvalue weighted by atomic mass is 9.95. The van der Waals surface area contributed by atoms with Crippen LogP contribution in [0.5, 0.6) is 0 Å². The van der Waals surface area contributed by atoms with Crippen molar-refractivity contribution in [3.8, 4) is 0 Å². The lowest BCUT2D eigenvalue weighted by molar-refractivity contribution is -0.384. The second kappa shape index (κ2) is 4.89. The molecule has 1 aromatic rings. The van der Waals surface area contributed by atoms with E-state index in [0.29, 0.717) is 6.54 Å². The van der Waals surface area contributed by atoms with E-state index in [1.807, 2.05) is 13.8 Å². The van der Waals surface area contributed by atoms with Crippen LogP contribution in [0, 0.1) is 10.1 Å². The third-order valence-corrected chi connectivity index (χ3v) is 2.38. The van der Waals surface area contributed by atoms with E-state index in [1.165, 1.54) is 6.07 Å². The molecule has 4 nitrogen and oxygen atoms in total. The van der Waals surface area contributed by atoms with E-state index in [4.69, 9.17) is 5.73 Å². The van der Waals surface area contributed by atoms with Crippen LogP contribution >= 0.6 is 0 Å². The number of hydrogen-bond donors (Lipinski definition) is 1. The summed E-state index contributed by atoms with van der Waals surface area (Å²) in [5.41, 5.74) is 7.78. The molecule has 0 saturated carbocycles. The first-order chi connectivity index (χ1) is 7.06. The zero-order chi connectivity index (χ0) is 11.4. The van der Waals surface area contributed by atoms with Gasteiger partial charge in [-0.2, -0.15) is 0 Å². The molecule has 1 rings (SSSR count). The Kier molecular flexibility index (Phi) is 3.80. The maximum atomic E-state index is 10.6. The van der Waals surface area contributed by atoms with Crippen LogP contribution in [0.4, 0.5) is 5.69 Å². The first-order valence-corrected chi connectivity index (χ1v) is 5.03. The molecule has 0 aromatic heterocycles. The minimum Gasteiger partial charge on any atom is -0.330 e. The molecule has 0 spiro atoms. The molecule has 0 aliphatic carbocycles. The van der Waals surface area contributed by atoms with Crippen molar-refractivity contribution in [3.63, 3.8) is 0 Å². The standard InChI is InChI=1S/C11H16N2O2/c1-8(2)11-7-10(13(14)15)4-3-9(11)5-6-12/h3-4,7-8H,5-6,12H2,1-2H3. The molecule has 0 saturated heterocycles. The summed E-state index contributed by atoms with van der Waals surface area (Å²) in [6, 6.07) is 4.99. The van der Waals surface area contributed by atoms with Crippen LogP contribution in [0.2, 0.25) is 0 Å². The maximum absolute atomic E-state index is 10.6. The fourth-order valence-electron chi connectivity index (χ4n) is 1.62. The van der Waals surface area contributed by atoms with Gasteiger partial charge in [-0.1, -0.05) is 19.9 Å². The average molecular weight is 208 g/mol. The van der Waals surface area contributed by atoms with Gasteiger partial charge < -0.3 is 5.73 Å². The van der Waals surface area contributed by atoms with Gasteiger partial charge in [0.05, 0.1) is 4.92 Å². The number of nitrogens with two attached hydrogens (primary N) is 1. The monoisotopic (exact) mass is 208 g/mol. The lowest BCUT2D eigenvalue weighted by Crippen LogP contribution is -2.06. The molecule has 1 aromatic carbocycles. The molecule has 0 amide bonds. The van der Waals surface area contributed by atoms with Crippen molar-refractivity contribution in [1.82, 2.24) is 0 Å². The first kappa shape index (κ1) is 11.7. The van der Waals surface area contributed by atoms with Gasteiger partial charge in [-0.25, -0.2) is 0 Å². The highest BCUT2D eigenvalue weighted by atomic mass is 16.6. The van der Waals surface area contributed by atoms with Crippen molar-refractivity contribution < 1.29 is 4.92 Å². The van der Waals surface area contributed by atoms with Crippen LogP contribution in [0.1, 0.15) is 30.9 Å². The fourth-order valence-corrected chi connectivity index (χ4v) is 1.62. The summed E-state index contributed by atoms with van der Waals surface area (Å²) in [7, 11) is 0. The van der Waals surface area contributed by atoms with E-state index >= 15 is 0 Å². The molecular weight excluding hydrogens is 192 g/mol. The van der Waals surface area contributed by atoms with Crippen molar-refractivity contribution in [2.45, 2.75) is 26.2 Å². The normalized spacial score (nSPS) is 10.7. The zero-order valence-corrected chi connectivity index (χ0v) is 9.06. The summed E-state index contributed by atoms with van der Waals surface area (Å²) in [6.07, 6.45) is 0.769. The number of non-ortho nitro benzene ring substituents is 1. The molecule has 15 heavy (non-hydrogen) atoms. The highest BCUT2D eigenvalue weighted by molar-refractivity contribution is 5.41. The van der Waals surface area contributed by atoms with E-state index < -0.39 is 0 Å². The van der Waals surface area contributed by atoms with Crippen LogP contribution in [0.3, 0.4) is 0 Å². The number of rotatable bonds is 4. The minimum absolute atomic E-state index is 0.152. The van der Waals surface area contributed by atoms with Crippen LogP contribution in [0.15, 0.2) is 18.2 Å². The second-order valence-electron chi connectivity index (χ2n) is 3.83. The summed E-state index contributed by atoms with van der Waals surface area (Å²) in [5.74, 6) is 0.284. The van der Waals surface area contributed by atoms with Crippen LogP contribution in [-0.4, -0.2) is 11.5 Å². The fraction of sp³-hybridized carbons (Fsp3) is 0.455. The molecule has 0 radical (unpaired) electrons.